The van der Waals surface area contributed by atoms with Gasteiger partial charge in [0.15, 0.2) is 5.16 Å². The maximum atomic E-state index is 12.2. The van der Waals surface area contributed by atoms with Gasteiger partial charge in [0.1, 0.15) is 0 Å². The molecule has 29 heavy (non-hydrogen) atoms. The third-order valence-electron chi connectivity index (χ3n) is 4.11. The number of ether oxygens (including phenoxy) is 1. The third kappa shape index (κ3) is 6.22. The molecule has 0 atom stereocenters. The zero-order valence-corrected chi connectivity index (χ0v) is 17.0. The van der Waals surface area contributed by atoms with Crippen LogP contribution in [0.25, 0.3) is 11.3 Å². The summed E-state index contributed by atoms with van der Waals surface area (Å²) < 4.78 is 5.17. The zero-order chi connectivity index (χ0) is 20.5. The number of anilines is 1. The topological polar surface area (TPSA) is 84.1 Å². The van der Waals surface area contributed by atoms with Gasteiger partial charge in [-0.15, -0.1) is 0 Å². The lowest BCUT2D eigenvalue weighted by molar-refractivity contribution is -0.113. The van der Waals surface area contributed by atoms with Gasteiger partial charge in [-0.3, -0.25) is 4.79 Å². The zero-order valence-electron chi connectivity index (χ0n) is 16.2. The highest BCUT2D eigenvalue weighted by Crippen LogP contribution is 2.21. The predicted molar refractivity (Wildman–Crippen MR) is 115 cm³/mol. The van der Waals surface area contributed by atoms with Gasteiger partial charge in [0.25, 0.3) is 0 Å². The fraction of sp³-hybridized carbons (Fsp3) is 0.227. The molecule has 0 saturated heterocycles. The van der Waals surface area contributed by atoms with Gasteiger partial charge in [0.05, 0.1) is 29.8 Å². The van der Waals surface area contributed by atoms with E-state index >= 15 is 0 Å². The number of unbranched alkanes of at least 4 members (excludes halogenated alkanes) is 1. The van der Waals surface area contributed by atoms with Gasteiger partial charge < -0.3 is 15.0 Å². The Balaban J connectivity index is 1.47. The molecular formula is C22H23N3O3S. The lowest BCUT2D eigenvalue weighted by Gasteiger charge is -2.07. The van der Waals surface area contributed by atoms with Crippen molar-refractivity contribution in [3.63, 3.8) is 0 Å². The van der Waals surface area contributed by atoms with E-state index in [1.165, 1.54) is 11.8 Å². The van der Waals surface area contributed by atoms with Gasteiger partial charge in [0.2, 0.25) is 5.91 Å². The van der Waals surface area contributed by atoms with Crippen LogP contribution in [0.15, 0.2) is 66.0 Å². The van der Waals surface area contributed by atoms with Gasteiger partial charge in [-0.2, -0.15) is 0 Å². The van der Waals surface area contributed by atoms with E-state index in [0.29, 0.717) is 23.0 Å². The molecule has 2 aromatic carbocycles. The summed E-state index contributed by atoms with van der Waals surface area (Å²) in [5.41, 5.74) is 3.06. The van der Waals surface area contributed by atoms with Gasteiger partial charge >= 0.3 is 5.97 Å². The number of carbonyl (C=O) groups excluding carboxylic acids is 2. The van der Waals surface area contributed by atoms with Crippen molar-refractivity contribution in [3.05, 3.63) is 66.4 Å². The van der Waals surface area contributed by atoms with Gasteiger partial charge in [-0.25, -0.2) is 9.78 Å². The summed E-state index contributed by atoms with van der Waals surface area (Å²) in [4.78, 5) is 31.6. The predicted octanol–water partition coefficient (Wildman–Crippen LogP) is 4.76. The SMILES string of the molecule is CCCCOC(=O)c1ccc(NC(=O)CSc2ncc(-c3ccccc3)[nH]2)cc1. The van der Waals surface area contributed by atoms with E-state index in [0.717, 1.165) is 24.1 Å². The van der Waals surface area contributed by atoms with E-state index in [9.17, 15) is 9.59 Å². The Labute approximate surface area is 174 Å². The number of benzene rings is 2. The molecule has 1 heterocycles. The minimum atomic E-state index is -0.348. The van der Waals surface area contributed by atoms with Crippen molar-refractivity contribution in [3.8, 4) is 11.3 Å². The van der Waals surface area contributed by atoms with Crippen LogP contribution in [0.5, 0.6) is 0 Å². The number of carbonyl (C=O) groups is 2. The molecule has 0 aliphatic heterocycles. The van der Waals surface area contributed by atoms with Crippen LogP contribution in [-0.4, -0.2) is 34.2 Å². The molecule has 3 rings (SSSR count). The molecule has 0 spiro atoms. The fourth-order valence-corrected chi connectivity index (χ4v) is 3.20. The second-order valence-electron chi connectivity index (χ2n) is 6.37. The van der Waals surface area contributed by atoms with E-state index in [4.69, 9.17) is 4.74 Å². The Morgan fingerprint density at radius 3 is 2.59 bits per heavy atom. The Bertz CT molecular complexity index is 939. The number of nitrogens with zero attached hydrogens (tertiary/aromatic N) is 1. The van der Waals surface area contributed by atoms with E-state index < -0.39 is 0 Å². The Kier molecular flexibility index (Phi) is 7.47. The molecule has 0 bridgehead atoms. The molecule has 6 nitrogen and oxygen atoms in total. The molecule has 1 aromatic heterocycles. The molecule has 0 aliphatic rings. The number of esters is 1. The van der Waals surface area contributed by atoms with Crippen molar-refractivity contribution in [1.82, 2.24) is 9.97 Å². The van der Waals surface area contributed by atoms with Crippen LogP contribution < -0.4 is 5.32 Å². The lowest BCUT2D eigenvalue weighted by atomic mass is 10.2. The summed E-state index contributed by atoms with van der Waals surface area (Å²) in [6.07, 6.45) is 3.58. The van der Waals surface area contributed by atoms with E-state index in [1.54, 1.807) is 30.5 Å². The highest BCUT2D eigenvalue weighted by atomic mass is 32.2. The molecule has 0 saturated carbocycles. The molecule has 7 heteroatoms. The summed E-state index contributed by atoms with van der Waals surface area (Å²) in [6.45, 7) is 2.46. The first-order valence-corrected chi connectivity index (χ1v) is 10.4. The molecule has 0 fully saturated rings. The van der Waals surface area contributed by atoms with Crippen LogP contribution in [0.4, 0.5) is 5.69 Å². The van der Waals surface area contributed by atoms with E-state index in [2.05, 4.69) is 15.3 Å². The lowest BCUT2D eigenvalue weighted by Crippen LogP contribution is -2.14. The van der Waals surface area contributed by atoms with E-state index in [-0.39, 0.29) is 17.6 Å². The maximum absolute atomic E-state index is 12.2. The van der Waals surface area contributed by atoms with Gasteiger partial charge in [-0.05, 0) is 36.2 Å². The summed E-state index contributed by atoms with van der Waals surface area (Å²) in [6, 6.07) is 16.6. The number of nitrogens with one attached hydrogen (secondary N) is 2. The molecule has 0 unspecified atom stereocenters. The molecule has 3 aromatic rings. The van der Waals surface area contributed by atoms with Crippen molar-refractivity contribution in [2.75, 3.05) is 17.7 Å². The molecule has 0 radical (unpaired) electrons. The normalized spacial score (nSPS) is 10.5. The van der Waals surface area contributed by atoms with Crippen molar-refractivity contribution in [2.24, 2.45) is 0 Å². The highest BCUT2D eigenvalue weighted by Gasteiger charge is 2.09. The Hall–Kier alpha value is -3.06. The van der Waals surface area contributed by atoms with E-state index in [1.807, 2.05) is 37.3 Å². The molecule has 150 valence electrons. The minimum Gasteiger partial charge on any atom is -0.462 e. The van der Waals surface area contributed by atoms with Crippen molar-refractivity contribution in [1.29, 1.82) is 0 Å². The number of hydrogen-bond acceptors (Lipinski definition) is 5. The molecular weight excluding hydrogens is 386 g/mol. The summed E-state index contributed by atoms with van der Waals surface area (Å²) in [7, 11) is 0. The molecule has 1 amide bonds. The molecule has 2 N–H and O–H groups in total. The van der Waals surface area contributed by atoms with Crippen molar-refractivity contribution in [2.45, 2.75) is 24.9 Å². The summed E-state index contributed by atoms with van der Waals surface area (Å²) in [5.74, 6) is -0.271. The summed E-state index contributed by atoms with van der Waals surface area (Å²) in [5, 5.41) is 3.50. The first kappa shape index (κ1) is 20.7. The van der Waals surface area contributed by atoms with Crippen LogP contribution in [0, 0.1) is 0 Å². The maximum Gasteiger partial charge on any atom is 0.338 e. The number of thioether (sulfide) groups is 1. The Morgan fingerprint density at radius 1 is 1.10 bits per heavy atom. The van der Waals surface area contributed by atoms with Crippen LogP contribution in [-0.2, 0) is 9.53 Å². The quantitative estimate of drug-likeness (QED) is 0.302. The largest absolute Gasteiger partial charge is 0.462 e. The minimum absolute atomic E-state index is 0.147. The Morgan fingerprint density at radius 2 is 1.86 bits per heavy atom. The first-order chi connectivity index (χ1) is 14.2. The standard InChI is InChI=1S/C22H23N3O3S/c1-2-3-13-28-21(27)17-9-11-18(12-10-17)24-20(26)15-29-22-23-14-19(25-22)16-7-5-4-6-8-16/h4-12,14H,2-3,13,15H2,1H3,(H,23,25)(H,24,26). The number of rotatable bonds is 9. The average Bonchev–Trinajstić information content (AvgIpc) is 3.23. The van der Waals surface area contributed by atoms with Crippen molar-refractivity contribution < 1.29 is 14.3 Å². The smallest absolute Gasteiger partial charge is 0.338 e. The van der Waals surface area contributed by atoms with Gasteiger partial charge in [0, 0.05) is 5.69 Å². The number of aromatic amines is 1. The number of H-pyrrole nitrogens is 1. The second-order valence-corrected chi connectivity index (χ2v) is 7.34. The van der Waals surface area contributed by atoms with Crippen LogP contribution >= 0.6 is 11.8 Å². The second kappa shape index (κ2) is 10.5. The third-order valence-corrected chi connectivity index (χ3v) is 5.00. The average molecular weight is 410 g/mol. The number of hydrogen-bond donors (Lipinski definition) is 2. The van der Waals surface area contributed by atoms with Crippen LogP contribution in [0.1, 0.15) is 30.1 Å². The number of aromatic nitrogens is 2. The number of amides is 1. The molecule has 0 aliphatic carbocycles. The van der Waals surface area contributed by atoms with Crippen LogP contribution in [0.2, 0.25) is 0 Å². The highest BCUT2D eigenvalue weighted by molar-refractivity contribution is 7.99. The first-order valence-electron chi connectivity index (χ1n) is 9.46. The van der Waals surface area contributed by atoms with Gasteiger partial charge in [-0.1, -0.05) is 55.4 Å². The number of imidazole rings is 1. The monoisotopic (exact) mass is 409 g/mol. The van der Waals surface area contributed by atoms with Crippen LogP contribution in [0.3, 0.4) is 0 Å². The fourth-order valence-electron chi connectivity index (χ4n) is 2.55. The van der Waals surface area contributed by atoms with Crippen molar-refractivity contribution >= 4 is 29.3 Å². The summed E-state index contributed by atoms with van der Waals surface area (Å²) >= 11 is 1.33.